The van der Waals surface area contributed by atoms with E-state index in [1.807, 2.05) is 55.2 Å². The third-order valence-electron chi connectivity index (χ3n) is 6.75. The first kappa shape index (κ1) is 27.6. The molecule has 39 heavy (non-hydrogen) atoms. The predicted octanol–water partition coefficient (Wildman–Crippen LogP) is 5.89. The van der Waals surface area contributed by atoms with Crippen molar-refractivity contribution < 1.29 is 9.66 Å². The molecule has 0 spiro atoms. The number of nitro benzene ring substituents is 1. The second-order valence-corrected chi connectivity index (χ2v) is 9.59. The number of rotatable bonds is 12. The second-order valence-electron chi connectivity index (χ2n) is 9.59. The van der Waals surface area contributed by atoms with E-state index in [2.05, 4.69) is 46.7 Å². The summed E-state index contributed by atoms with van der Waals surface area (Å²) in [5, 5.41) is 16.2. The monoisotopic (exact) mass is 529 g/mol. The fraction of sp³-hybridized carbons (Fsp3) is 0.310. The molecule has 4 rings (SSSR count). The highest BCUT2D eigenvalue weighted by atomic mass is 16.6. The molecular weight excluding hydrogens is 494 g/mol. The van der Waals surface area contributed by atoms with Crippen LogP contribution < -0.4 is 15.0 Å². The highest BCUT2D eigenvalue weighted by Crippen LogP contribution is 2.39. The number of ether oxygens (including phenoxy) is 1. The van der Waals surface area contributed by atoms with Gasteiger partial charge in [-0.05, 0) is 32.6 Å². The number of methoxy groups -OCH3 is 1. The lowest BCUT2D eigenvalue weighted by atomic mass is 10.1. The van der Waals surface area contributed by atoms with E-state index in [1.54, 1.807) is 12.3 Å². The number of nitrogens with zero attached hydrogens (tertiary/aromatic N) is 6. The number of anilines is 3. The molecule has 1 unspecified atom stereocenters. The van der Waals surface area contributed by atoms with Crippen molar-refractivity contribution >= 4 is 33.9 Å². The van der Waals surface area contributed by atoms with Gasteiger partial charge < -0.3 is 24.4 Å². The van der Waals surface area contributed by atoms with Gasteiger partial charge in [-0.2, -0.15) is 0 Å². The van der Waals surface area contributed by atoms with Crippen molar-refractivity contribution in [2.45, 2.75) is 19.4 Å². The predicted molar refractivity (Wildman–Crippen MR) is 157 cm³/mol. The van der Waals surface area contributed by atoms with Crippen molar-refractivity contribution in [1.29, 1.82) is 0 Å². The number of fused-ring (bicyclic) bond motifs is 1. The van der Waals surface area contributed by atoms with Crippen LogP contribution in [0.4, 0.5) is 23.0 Å². The third-order valence-corrected chi connectivity index (χ3v) is 6.75. The summed E-state index contributed by atoms with van der Waals surface area (Å²) in [6.07, 6.45) is 6.63. The van der Waals surface area contributed by atoms with E-state index in [0.29, 0.717) is 29.6 Å². The minimum absolute atomic E-state index is 0.0335. The Hall–Kier alpha value is -4.44. The average Bonchev–Trinajstić information content (AvgIpc) is 3.32. The largest absolute Gasteiger partial charge is 0.494 e. The van der Waals surface area contributed by atoms with E-state index in [-0.39, 0.29) is 16.7 Å². The van der Waals surface area contributed by atoms with Crippen LogP contribution in [0.25, 0.3) is 22.2 Å². The lowest BCUT2D eigenvalue weighted by molar-refractivity contribution is -0.384. The molecule has 204 valence electrons. The Morgan fingerprint density at radius 2 is 1.97 bits per heavy atom. The van der Waals surface area contributed by atoms with Crippen molar-refractivity contribution in [2.24, 2.45) is 0 Å². The Morgan fingerprint density at radius 3 is 2.64 bits per heavy atom. The van der Waals surface area contributed by atoms with E-state index < -0.39 is 0 Å². The molecule has 0 bridgehead atoms. The zero-order chi connectivity index (χ0) is 28.1. The van der Waals surface area contributed by atoms with Crippen LogP contribution in [0.3, 0.4) is 0 Å². The first-order valence-corrected chi connectivity index (χ1v) is 12.8. The van der Waals surface area contributed by atoms with Crippen LogP contribution in [0.2, 0.25) is 0 Å². The number of hydrogen-bond acceptors (Lipinski definition) is 8. The number of hydrogen-bond donors (Lipinski definition) is 1. The maximum atomic E-state index is 12.0. The average molecular weight is 530 g/mol. The van der Waals surface area contributed by atoms with Gasteiger partial charge in [0.25, 0.3) is 5.69 Å². The first-order chi connectivity index (χ1) is 18.8. The fourth-order valence-corrected chi connectivity index (χ4v) is 4.60. The van der Waals surface area contributed by atoms with E-state index >= 15 is 0 Å². The van der Waals surface area contributed by atoms with E-state index in [9.17, 15) is 10.1 Å². The van der Waals surface area contributed by atoms with Gasteiger partial charge in [0.2, 0.25) is 5.95 Å². The smallest absolute Gasteiger partial charge is 0.294 e. The highest BCUT2D eigenvalue weighted by molar-refractivity contribution is 5.95. The minimum Gasteiger partial charge on any atom is -0.494 e. The number of aromatic nitrogens is 3. The van der Waals surface area contributed by atoms with Crippen LogP contribution in [0.5, 0.6) is 5.75 Å². The van der Waals surface area contributed by atoms with Crippen molar-refractivity contribution in [3.8, 4) is 17.0 Å². The summed E-state index contributed by atoms with van der Waals surface area (Å²) in [5.41, 5.74) is 3.64. The number of benzene rings is 2. The molecule has 10 nitrogen and oxygen atoms in total. The molecule has 1 atom stereocenters. The Morgan fingerprint density at radius 1 is 1.21 bits per heavy atom. The van der Waals surface area contributed by atoms with Crippen LogP contribution in [-0.4, -0.2) is 65.7 Å². The zero-order valence-corrected chi connectivity index (χ0v) is 23.1. The Kier molecular flexibility index (Phi) is 8.46. The van der Waals surface area contributed by atoms with Crippen molar-refractivity contribution in [2.75, 3.05) is 51.6 Å². The van der Waals surface area contributed by atoms with Gasteiger partial charge in [0.05, 0.1) is 29.5 Å². The Labute approximate surface area is 228 Å². The molecule has 0 radical (unpaired) electrons. The molecule has 1 N–H and O–H groups in total. The summed E-state index contributed by atoms with van der Waals surface area (Å²) >= 11 is 0. The molecule has 0 aliphatic rings. The molecular formula is C29H35N7O3. The van der Waals surface area contributed by atoms with Crippen molar-refractivity contribution in [3.63, 3.8) is 0 Å². The lowest BCUT2D eigenvalue weighted by Gasteiger charge is -2.22. The Balaban J connectivity index is 1.72. The Bertz CT molecular complexity index is 1480. The molecule has 2 heterocycles. The van der Waals surface area contributed by atoms with E-state index in [4.69, 9.17) is 9.72 Å². The molecule has 10 heteroatoms. The summed E-state index contributed by atoms with van der Waals surface area (Å²) in [6.45, 7) is 7.50. The van der Waals surface area contributed by atoms with Gasteiger partial charge in [-0.15, -0.1) is 6.58 Å². The van der Waals surface area contributed by atoms with Gasteiger partial charge in [-0.1, -0.05) is 31.2 Å². The number of nitrogens with one attached hydrogen (secondary N) is 1. The number of allylic oxidation sites excluding steroid dienone is 1. The molecule has 2 aromatic carbocycles. The van der Waals surface area contributed by atoms with Crippen LogP contribution in [-0.2, 0) is 0 Å². The maximum absolute atomic E-state index is 12.0. The molecule has 0 fully saturated rings. The summed E-state index contributed by atoms with van der Waals surface area (Å²) in [6, 6.07) is 13.3. The van der Waals surface area contributed by atoms with Gasteiger partial charge in [0.15, 0.2) is 0 Å². The van der Waals surface area contributed by atoms with E-state index in [1.165, 1.54) is 13.2 Å². The highest BCUT2D eigenvalue weighted by Gasteiger charge is 2.23. The number of likely N-dealkylation sites (N-methyl/N-ethyl adjacent to an activating group) is 2. The molecule has 0 amide bonds. The minimum atomic E-state index is -0.387. The van der Waals surface area contributed by atoms with Crippen molar-refractivity contribution in [3.05, 3.63) is 77.6 Å². The standard InChI is InChI=1S/C29H35N7O3/c1-7-20(8-2)35-19-22(21-11-9-10-12-25(21)35)23-13-14-30-29(31-23)32-24-17-27(36(37)38)26(18-28(24)39-6)34(5)16-15-33(3)4/h7,9-14,17-20H,1,8,15-16H2,2-6H3,(H,30,31,32). The maximum Gasteiger partial charge on any atom is 0.294 e. The molecule has 0 aliphatic heterocycles. The van der Waals surface area contributed by atoms with Crippen LogP contribution in [0, 0.1) is 10.1 Å². The lowest BCUT2D eigenvalue weighted by Crippen LogP contribution is -2.28. The molecule has 0 saturated heterocycles. The van der Waals surface area contributed by atoms with Crippen LogP contribution in [0.15, 0.2) is 67.5 Å². The summed E-state index contributed by atoms with van der Waals surface area (Å²) in [4.78, 5) is 24.6. The normalized spacial score (nSPS) is 11.9. The van der Waals surface area contributed by atoms with Gasteiger partial charge >= 0.3 is 0 Å². The second kappa shape index (κ2) is 12.0. The first-order valence-electron chi connectivity index (χ1n) is 12.8. The van der Waals surface area contributed by atoms with Crippen molar-refractivity contribution in [1.82, 2.24) is 19.4 Å². The number of para-hydroxylation sites is 1. The zero-order valence-electron chi connectivity index (χ0n) is 23.1. The molecule has 2 aromatic heterocycles. The summed E-state index contributed by atoms with van der Waals surface area (Å²) < 4.78 is 7.82. The quantitative estimate of drug-likeness (QED) is 0.138. The van der Waals surface area contributed by atoms with Gasteiger partial charge in [0.1, 0.15) is 11.4 Å². The fourth-order valence-electron chi connectivity index (χ4n) is 4.60. The number of nitro groups is 1. The van der Waals surface area contributed by atoms with Gasteiger partial charge in [0, 0.05) is 61.1 Å². The summed E-state index contributed by atoms with van der Waals surface area (Å²) in [5.74, 6) is 0.760. The molecule has 0 saturated carbocycles. The summed E-state index contributed by atoms with van der Waals surface area (Å²) in [7, 11) is 7.29. The topological polar surface area (TPSA) is 102 Å². The van der Waals surface area contributed by atoms with Crippen LogP contribution in [0.1, 0.15) is 19.4 Å². The van der Waals surface area contributed by atoms with E-state index in [0.717, 1.165) is 35.1 Å². The van der Waals surface area contributed by atoms with Gasteiger partial charge in [-0.3, -0.25) is 10.1 Å². The third kappa shape index (κ3) is 5.85. The van der Waals surface area contributed by atoms with Crippen LogP contribution >= 0.6 is 0 Å². The van der Waals surface area contributed by atoms with Gasteiger partial charge in [-0.25, -0.2) is 9.97 Å². The molecule has 4 aromatic rings. The molecule has 0 aliphatic carbocycles. The SMILES string of the molecule is C=CC(CC)n1cc(-c2ccnc(Nc3cc([N+](=O)[O-])c(N(C)CCN(C)C)cc3OC)n2)c2ccccc21.